The fraction of sp³-hybridized carbons (Fsp3) is 0.417. The van der Waals surface area contributed by atoms with E-state index in [1.54, 1.807) is 12.1 Å². The molecule has 1 aromatic carbocycles. The molecule has 1 saturated heterocycles. The number of rotatable bonds is 3. The van der Waals surface area contributed by atoms with Gasteiger partial charge in [0.2, 0.25) is 0 Å². The lowest BCUT2D eigenvalue weighted by Gasteiger charge is -2.25. The van der Waals surface area contributed by atoms with Crippen LogP contribution < -0.4 is 0 Å². The molecule has 98 valence electrons. The van der Waals surface area contributed by atoms with Crippen LogP contribution in [0.2, 0.25) is 0 Å². The molecule has 1 fully saturated rings. The van der Waals surface area contributed by atoms with E-state index in [4.69, 9.17) is 5.11 Å². The number of phenolic OH excluding ortho intramolecular Hbond substituents is 1. The first-order chi connectivity index (χ1) is 8.46. The van der Waals surface area contributed by atoms with Gasteiger partial charge in [0.25, 0.3) is 0 Å². The van der Waals surface area contributed by atoms with Crippen LogP contribution in [0.15, 0.2) is 24.3 Å². The molecule has 0 unspecified atom stereocenters. The van der Waals surface area contributed by atoms with Gasteiger partial charge in [0.1, 0.15) is 5.75 Å². The Morgan fingerprint density at radius 3 is 2.28 bits per heavy atom. The van der Waals surface area contributed by atoms with Gasteiger partial charge in [-0.25, -0.2) is 8.42 Å². The second-order valence-corrected chi connectivity index (χ2v) is 6.70. The van der Waals surface area contributed by atoms with Crippen molar-refractivity contribution in [2.45, 2.75) is 0 Å². The van der Waals surface area contributed by atoms with E-state index in [2.05, 4.69) is 0 Å². The zero-order valence-electron chi connectivity index (χ0n) is 9.87. The molecule has 0 atom stereocenters. The third-order valence-electron chi connectivity index (χ3n) is 2.99. The van der Waals surface area contributed by atoms with E-state index in [-0.39, 0.29) is 29.6 Å². The van der Waals surface area contributed by atoms with Crippen LogP contribution >= 0.6 is 0 Å². The topological polar surface area (TPSA) is 74.7 Å². The molecule has 0 radical (unpaired) electrons. The van der Waals surface area contributed by atoms with Gasteiger partial charge in [-0.2, -0.15) is 0 Å². The normalized spacial score (nSPS) is 19.6. The minimum Gasteiger partial charge on any atom is -0.508 e. The van der Waals surface area contributed by atoms with Crippen LogP contribution in [0, 0.1) is 0 Å². The molecule has 0 aromatic heterocycles. The van der Waals surface area contributed by atoms with Crippen molar-refractivity contribution in [1.82, 2.24) is 4.90 Å². The molecule has 1 aliphatic heterocycles. The average molecular weight is 269 g/mol. The quantitative estimate of drug-likeness (QED) is 0.799. The van der Waals surface area contributed by atoms with E-state index in [0.29, 0.717) is 18.7 Å². The van der Waals surface area contributed by atoms with Crippen molar-refractivity contribution >= 4 is 15.6 Å². The number of carbonyl (C=O) groups excluding carboxylic acids is 1. The molecular weight excluding hydrogens is 254 g/mol. The molecule has 1 N–H and O–H groups in total. The molecule has 0 spiro atoms. The molecule has 2 rings (SSSR count). The van der Waals surface area contributed by atoms with Gasteiger partial charge in [-0.3, -0.25) is 9.69 Å². The van der Waals surface area contributed by atoms with Gasteiger partial charge in [-0.1, -0.05) is 0 Å². The number of nitrogens with zero attached hydrogens (tertiary/aromatic N) is 1. The lowest BCUT2D eigenvalue weighted by Crippen LogP contribution is -2.42. The summed E-state index contributed by atoms with van der Waals surface area (Å²) in [6.07, 6.45) is 0. The summed E-state index contributed by atoms with van der Waals surface area (Å²) in [6.45, 7) is 1.04. The Bertz CT molecular complexity index is 522. The Balaban J connectivity index is 1.94. The largest absolute Gasteiger partial charge is 0.508 e. The van der Waals surface area contributed by atoms with E-state index in [0.717, 1.165) is 0 Å². The molecule has 18 heavy (non-hydrogen) atoms. The lowest BCUT2D eigenvalue weighted by atomic mass is 10.1. The highest BCUT2D eigenvalue weighted by Gasteiger charge is 2.23. The standard InChI is InChI=1S/C12H15NO4S/c14-11-3-1-10(2-4-11)12(15)9-13-5-7-18(16,17)8-6-13/h1-4,14H,5-9H2. The van der Waals surface area contributed by atoms with Crippen molar-refractivity contribution in [3.05, 3.63) is 29.8 Å². The first-order valence-electron chi connectivity index (χ1n) is 5.71. The average Bonchev–Trinajstić information content (AvgIpc) is 2.33. The van der Waals surface area contributed by atoms with Crippen LogP contribution in [0.4, 0.5) is 0 Å². The van der Waals surface area contributed by atoms with Crippen molar-refractivity contribution in [1.29, 1.82) is 0 Å². The summed E-state index contributed by atoms with van der Waals surface area (Å²) >= 11 is 0. The monoisotopic (exact) mass is 269 g/mol. The molecular formula is C12H15NO4S. The van der Waals surface area contributed by atoms with Gasteiger partial charge in [0.15, 0.2) is 15.6 Å². The molecule has 1 heterocycles. The molecule has 0 amide bonds. The molecule has 0 bridgehead atoms. The second-order valence-electron chi connectivity index (χ2n) is 4.40. The van der Waals surface area contributed by atoms with Gasteiger partial charge < -0.3 is 5.11 Å². The predicted octanol–water partition coefficient (Wildman–Crippen LogP) is 0.305. The Morgan fingerprint density at radius 2 is 1.72 bits per heavy atom. The summed E-state index contributed by atoms with van der Waals surface area (Å²) in [5.74, 6) is 0.302. The Labute approximate surface area is 106 Å². The van der Waals surface area contributed by atoms with Crippen molar-refractivity contribution in [2.24, 2.45) is 0 Å². The Morgan fingerprint density at radius 1 is 1.17 bits per heavy atom. The molecule has 5 nitrogen and oxygen atoms in total. The summed E-state index contributed by atoms with van der Waals surface area (Å²) in [6, 6.07) is 6.07. The maximum Gasteiger partial charge on any atom is 0.176 e. The number of aromatic hydroxyl groups is 1. The number of ketones is 1. The smallest absolute Gasteiger partial charge is 0.176 e. The van der Waals surface area contributed by atoms with Gasteiger partial charge in [0.05, 0.1) is 18.1 Å². The summed E-state index contributed by atoms with van der Waals surface area (Å²) < 4.78 is 22.5. The van der Waals surface area contributed by atoms with E-state index >= 15 is 0 Å². The number of hydrogen-bond acceptors (Lipinski definition) is 5. The van der Waals surface area contributed by atoms with Crippen LogP contribution in [0.3, 0.4) is 0 Å². The van der Waals surface area contributed by atoms with E-state index in [9.17, 15) is 13.2 Å². The van der Waals surface area contributed by atoms with Crippen LogP contribution in [0.1, 0.15) is 10.4 Å². The maximum absolute atomic E-state index is 11.9. The van der Waals surface area contributed by atoms with Crippen molar-refractivity contribution in [3.63, 3.8) is 0 Å². The number of Topliss-reactive ketones (excluding diaryl/α,β-unsaturated/α-hetero) is 1. The minimum absolute atomic E-state index is 0.0608. The SMILES string of the molecule is O=C(CN1CCS(=O)(=O)CC1)c1ccc(O)cc1. The Hall–Kier alpha value is -1.40. The van der Waals surface area contributed by atoms with Crippen LogP contribution in [-0.4, -0.2) is 55.3 Å². The minimum atomic E-state index is -2.91. The zero-order chi connectivity index (χ0) is 13.2. The van der Waals surface area contributed by atoms with E-state index < -0.39 is 9.84 Å². The predicted molar refractivity (Wildman–Crippen MR) is 67.5 cm³/mol. The van der Waals surface area contributed by atoms with Crippen molar-refractivity contribution in [3.8, 4) is 5.75 Å². The zero-order valence-corrected chi connectivity index (χ0v) is 10.7. The third kappa shape index (κ3) is 3.30. The molecule has 1 aromatic rings. The van der Waals surface area contributed by atoms with Crippen molar-refractivity contribution < 1.29 is 18.3 Å². The first kappa shape index (κ1) is 13.0. The van der Waals surface area contributed by atoms with Gasteiger partial charge in [-0.15, -0.1) is 0 Å². The fourth-order valence-electron chi connectivity index (χ4n) is 1.85. The van der Waals surface area contributed by atoms with Gasteiger partial charge >= 0.3 is 0 Å². The van der Waals surface area contributed by atoms with Gasteiger partial charge in [-0.05, 0) is 24.3 Å². The van der Waals surface area contributed by atoms with Crippen molar-refractivity contribution in [2.75, 3.05) is 31.1 Å². The number of hydrogen-bond donors (Lipinski definition) is 1. The molecule has 0 aliphatic carbocycles. The maximum atomic E-state index is 11.9. The number of sulfone groups is 1. The highest BCUT2D eigenvalue weighted by molar-refractivity contribution is 7.91. The second kappa shape index (κ2) is 5.07. The highest BCUT2D eigenvalue weighted by atomic mass is 32.2. The summed E-state index contributed by atoms with van der Waals surface area (Å²) in [5.41, 5.74) is 0.529. The molecule has 0 saturated carbocycles. The summed E-state index contributed by atoms with van der Waals surface area (Å²) in [4.78, 5) is 13.8. The highest BCUT2D eigenvalue weighted by Crippen LogP contribution is 2.11. The number of carbonyl (C=O) groups is 1. The van der Waals surface area contributed by atoms with Crippen LogP contribution in [0.25, 0.3) is 0 Å². The number of phenols is 1. The summed E-state index contributed by atoms with van der Waals surface area (Å²) in [5, 5.41) is 9.13. The fourth-order valence-corrected chi connectivity index (χ4v) is 3.13. The molecule has 6 heteroatoms. The third-order valence-corrected chi connectivity index (χ3v) is 4.60. The van der Waals surface area contributed by atoms with Crippen LogP contribution in [0.5, 0.6) is 5.75 Å². The Kier molecular flexibility index (Phi) is 3.68. The number of benzene rings is 1. The summed E-state index contributed by atoms with van der Waals surface area (Å²) in [7, 11) is -2.91. The van der Waals surface area contributed by atoms with Crippen LogP contribution in [-0.2, 0) is 9.84 Å². The lowest BCUT2D eigenvalue weighted by molar-refractivity contribution is 0.0936. The van der Waals surface area contributed by atoms with E-state index in [1.165, 1.54) is 12.1 Å². The van der Waals surface area contributed by atoms with E-state index in [1.807, 2.05) is 4.90 Å². The van der Waals surface area contributed by atoms with Gasteiger partial charge in [0, 0.05) is 18.7 Å². The molecule has 1 aliphatic rings. The first-order valence-corrected chi connectivity index (χ1v) is 7.53.